The second-order valence-corrected chi connectivity index (χ2v) is 5.17. The first kappa shape index (κ1) is 14.8. The molecule has 1 aromatic heterocycles. The minimum Gasteiger partial charge on any atom is -0.378 e. The zero-order valence-electron chi connectivity index (χ0n) is 12.8. The summed E-state index contributed by atoms with van der Waals surface area (Å²) in [5.41, 5.74) is 2.24. The third-order valence-corrected chi connectivity index (χ3v) is 3.07. The van der Waals surface area contributed by atoms with Gasteiger partial charge in [-0.25, -0.2) is 4.98 Å². The SMILES string of the molecule is CN(C)c1ccc(NC(=O)c2cccc(N(C)C)n2)cc1. The van der Waals surface area contributed by atoms with Gasteiger partial charge in [-0.15, -0.1) is 0 Å². The number of carbonyl (C=O) groups is 1. The topological polar surface area (TPSA) is 48.5 Å². The van der Waals surface area contributed by atoms with Gasteiger partial charge in [0.25, 0.3) is 5.91 Å². The largest absolute Gasteiger partial charge is 0.378 e. The average Bonchev–Trinajstić information content (AvgIpc) is 2.48. The Morgan fingerprint density at radius 2 is 1.62 bits per heavy atom. The lowest BCUT2D eigenvalue weighted by atomic mass is 10.2. The molecule has 0 saturated heterocycles. The lowest BCUT2D eigenvalue weighted by Crippen LogP contribution is -2.17. The van der Waals surface area contributed by atoms with E-state index in [0.717, 1.165) is 17.2 Å². The maximum Gasteiger partial charge on any atom is 0.274 e. The molecule has 0 unspecified atom stereocenters. The Kier molecular flexibility index (Phi) is 4.42. The lowest BCUT2D eigenvalue weighted by Gasteiger charge is -2.14. The molecule has 0 atom stereocenters. The van der Waals surface area contributed by atoms with E-state index in [9.17, 15) is 4.79 Å². The maximum atomic E-state index is 12.2. The van der Waals surface area contributed by atoms with Gasteiger partial charge in [0.05, 0.1) is 0 Å². The summed E-state index contributed by atoms with van der Waals surface area (Å²) in [6.07, 6.45) is 0. The van der Waals surface area contributed by atoms with Gasteiger partial charge in [0.2, 0.25) is 0 Å². The summed E-state index contributed by atoms with van der Waals surface area (Å²) < 4.78 is 0. The molecule has 0 bridgehead atoms. The molecule has 0 aliphatic carbocycles. The number of nitrogens with zero attached hydrogens (tertiary/aromatic N) is 3. The molecule has 2 rings (SSSR count). The molecule has 0 spiro atoms. The summed E-state index contributed by atoms with van der Waals surface area (Å²) in [5, 5.41) is 2.85. The van der Waals surface area contributed by atoms with Gasteiger partial charge in [-0.1, -0.05) is 6.07 Å². The van der Waals surface area contributed by atoms with Crippen molar-refractivity contribution in [2.75, 3.05) is 43.3 Å². The number of pyridine rings is 1. The zero-order valence-corrected chi connectivity index (χ0v) is 12.8. The molecule has 1 aromatic carbocycles. The average molecular weight is 284 g/mol. The molecule has 0 radical (unpaired) electrons. The Bertz CT molecular complexity index is 620. The van der Waals surface area contributed by atoms with Crippen molar-refractivity contribution >= 4 is 23.1 Å². The van der Waals surface area contributed by atoms with Crippen LogP contribution in [0.1, 0.15) is 10.5 Å². The van der Waals surface area contributed by atoms with Crippen molar-refractivity contribution < 1.29 is 4.79 Å². The van der Waals surface area contributed by atoms with Gasteiger partial charge in [0.1, 0.15) is 11.5 Å². The highest BCUT2D eigenvalue weighted by Gasteiger charge is 2.09. The number of anilines is 3. The van der Waals surface area contributed by atoms with Crippen molar-refractivity contribution in [1.29, 1.82) is 0 Å². The Morgan fingerprint density at radius 1 is 0.952 bits per heavy atom. The summed E-state index contributed by atoms with van der Waals surface area (Å²) in [6, 6.07) is 13.1. The molecule has 5 heteroatoms. The fraction of sp³-hybridized carbons (Fsp3) is 0.250. The predicted molar refractivity (Wildman–Crippen MR) is 87.3 cm³/mol. The highest BCUT2D eigenvalue weighted by Crippen LogP contribution is 2.16. The molecule has 1 heterocycles. The Labute approximate surface area is 125 Å². The van der Waals surface area contributed by atoms with Crippen molar-refractivity contribution in [3.63, 3.8) is 0 Å². The third kappa shape index (κ3) is 3.72. The van der Waals surface area contributed by atoms with Crippen LogP contribution >= 0.6 is 0 Å². The normalized spacial score (nSPS) is 10.1. The number of rotatable bonds is 4. The van der Waals surface area contributed by atoms with Crippen molar-refractivity contribution in [3.05, 3.63) is 48.2 Å². The van der Waals surface area contributed by atoms with E-state index in [-0.39, 0.29) is 5.91 Å². The number of carbonyl (C=O) groups excluding carboxylic acids is 1. The maximum absolute atomic E-state index is 12.2. The van der Waals surface area contributed by atoms with E-state index >= 15 is 0 Å². The Balaban J connectivity index is 2.12. The van der Waals surface area contributed by atoms with Crippen LogP contribution in [0.25, 0.3) is 0 Å². The van der Waals surface area contributed by atoms with E-state index in [2.05, 4.69) is 10.3 Å². The quantitative estimate of drug-likeness (QED) is 0.937. The molecule has 1 amide bonds. The summed E-state index contributed by atoms with van der Waals surface area (Å²) >= 11 is 0. The minimum atomic E-state index is -0.212. The van der Waals surface area contributed by atoms with Gasteiger partial charge in [-0.05, 0) is 36.4 Å². The molecule has 0 fully saturated rings. The fourth-order valence-corrected chi connectivity index (χ4v) is 1.84. The van der Waals surface area contributed by atoms with Gasteiger partial charge < -0.3 is 15.1 Å². The summed E-state index contributed by atoms with van der Waals surface area (Å²) in [5.74, 6) is 0.543. The van der Waals surface area contributed by atoms with Crippen LogP contribution in [0.5, 0.6) is 0 Å². The molecule has 110 valence electrons. The highest BCUT2D eigenvalue weighted by atomic mass is 16.1. The first-order valence-electron chi connectivity index (χ1n) is 6.70. The van der Waals surface area contributed by atoms with Gasteiger partial charge in [-0.3, -0.25) is 4.79 Å². The van der Waals surface area contributed by atoms with Crippen LogP contribution < -0.4 is 15.1 Å². The van der Waals surface area contributed by atoms with E-state index in [0.29, 0.717) is 5.69 Å². The molecular weight excluding hydrogens is 264 g/mol. The van der Waals surface area contributed by atoms with E-state index in [1.807, 2.05) is 74.4 Å². The fourth-order valence-electron chi connectivity index (χ4n) is 1.84. The summed E-state index contributed by atoms with van der Waals surface area (Å²) in [6.45, 7) is 0. The van der Waals surface area contributed by atoms with Crippen LogP contribution in [0, 0.1) is 0 Å². The first-order chi connectivity index (χ1) is 9.97. The first-order valence-corrected chi connectivity index (χ1v) is 6.70. The molecule has 0 saturated carbocycles. The second-order valence-electron chi connectivity index (χ2n) is 5.17. The van der Waals surface area contributed by atoms with Gasteiger partial charge >= 0.3 is 0 Å². The minimum absolute atomic E-state index is 0.212. The Hall–Kier alpha value is -2.56. The van der Waals surface area contributed by atoms with Crippen LogP contribution in [0.15, 0.2) is 42.5 Å². The van der Waals surface area contributed by atoms with Crippen LogP contribution in [-0.4, -0.2) is 39.1 Å². The zero-order chi connectivity index (χ0) is 15.4. The van der Waals surface area contributed by atoms with E-state index in [1.165, 1.54) is 0 Å². The van der Waals surface area contributed by atoms with Crippen molar-refractivity contribution in [2.45, 2.75) is 0 Å². The highest BCUT2D eigenvalue weighted by molar-refractivity contribution is 6.03. The van der Waals surface area contributed by atoms with Gasteiger partial charge in [0, 0.05) is 39.6 Å². The smallest absolute Gasteiger partial charge is 0.274 e. The van der Waals surface area contributed by atoms with Crippen molar-refractivity contribution in [2.24, 2.45) is 0 Å². The van der Waals surface area contributed by atoms with Crippen LogP contribution in [0.3, 0.4) is 0 Å². The van der Waals surface area contributed by atoms with E-state index in [4.69, 9.17) is 0 Å². The molecule has 0 aliphatic rings. The number of benzene rings is 1. The molecular formula is C16H20N4O. The lowest BCUT2D eigenvalue weighted by molar-refractivity contribution is 0.102. The third-order valence-electron chi connectivity index (χ3n) is 3.07. The van der Waals surface area contributed by atoms with Gasteiger partial charge in [0.15, 0.2) is 0 Å². The summed E-state index contributed by atoms with van der Waals surface area (Å²) in [4.78, 5) is 20.4. The number of nitrogens with one attached hydrogen (secondary N) is 1. The van der Waals surface area contributed by atoms with Gasteiger partial charge in [-0.2, -0.15) is 0 Å². The monoisotopic (exact) mass is 284 g/mol. The molecule has 2 aromatic rings. The molecule has 5 nitrogen and oxygen atoms in total. The molecule has 0 aliphatic heterocycles. The number of hydrogen-bond donors (Lipinski definition) is 1. The second kappa shape index (κ2) is 6.26. The molecule has 21 heavy (non-hydrogen) atoms. The van der Waals surface area contributed by atoms with Crippen LogP contribution in [-0.2, 0) is 0 Å². The predicted octanol–water partition coefficient (Wildman–Crippen LogP) is 2.47. The number of hydrogen-bond acceptors (Lipinski definition) is 4. The Morgan fingerprint density at radius 3 is 2.19 bits per heavy atom. The summed E-state index contributed by atoms with van der Waals surface area (Å²) in [7, 11) is 7.74. The van der Waals surface area contributed by atoms with Crippen LogP contribution in [0.2, 0.25) is 0 Å². The number of aromatic nitrogens is 1. The standard InChI is InChI=1S/C16H20N4O/c1-19(2)13-10-8-12(9-11-13)17-16(21)14-6-5-7-15(18-14)20(3)4/h5-11H,1-4H3,(H,17,21). The van der Waals surface area contributed by atoms with Crippen molar-refractivity contribution in [3.8, 4) is 0 Å². The van der Waals surface area contributed by atoms with E-state index < -0.39 is 0 Å². The number of amides is 1. The van der Waals surface area contributed by atoms with Crippen LogP contribution in [0.4, 0.5) is 17.2 Å². The van der Waals surface area contributed by atoms with E-state index in [1.54, 1.807) is 6.07 Å². The van der Waals surface area contributed by atoms with Crippen molar-refractivity contribution in [1.82, 2.24) is 4.98 Å². The molecule has 1 N–H and O–H groups in total.